The number of alkyl halides is 3. The summed E-state index contributed by atoms with van der Waals surface area (Å²) in [5, 5.41) is 0. The van der Waals surface area contributed by atoms with Crippen molar-refractivity contribution in [2.45, 2.75) is 30.8 Å². The molecule has 3 nitrogen and oxygen atoms in total. The average molecular weight is 355 g/mol. The van der Waals surface area contributed by atoms with Crippen LogP contribution >= 0.6 is 0 Å². The quantitative estimate of drug-likeness (QED) is 0.811. The third-order valence-electron chi connectivity index (χ3n) is 4.18. The van der Waals surface area contributed by atoms with Crippen molar-refractivity contribution < 1.29 is 21.6 Å². The van der Waals surface area contributed by atoms with Crippen LogP contribution in [0.4, 0.5) is 18.9 Å². The highest BCUT2D eigenvalue weighted by Crippen LogP contribution is 2.47. The number of benzene rings is 2. The van der Waals surface area contributed by atoms with Crippen molar-refractivity contribution >= 4 is 15.7 Å². The normalized spacial score (nSPS) is 17.9. The van der Waals surface area contributed by atoms with Crippen LogP contribution in [-0.2, 0) is 10.0 Å². The van der Waals surface area contributed by atoms with E-state index in [1.54, 1.807) is 25.1 Å². The van der Waals surface area contributed by atoms with E-state index in [2.05, 4.69) is 0 Å². The molecule has 0 saturated carbocycles. The summed E-state index contributed by atoms with van der Waals surface area (Å²) in [6.45, 7) is 2.87. The number of anilines is 1. The van der Waals surface area contributed by atoms with Crippen LogP contribution in [0.3, 0.4) is 0 Å². The van der Waals surface area contributed by atoms with E-state index in [1.165, 1.54) is 24.3 Å². The molecule has 24 heavy (non-hydrogen) atoms. The van der Waals surface area contributed by atoms with Crippen molar-refractivity contribution in [2.24, 2.45) is 0 Å². The molecule has 128 valence electrons. The highest BCUT2D eigenvalue weighted by Gasteiger charge is 2.49. The number of aryl methyl sites for hydroxylation is 2. The molecule has 1 aliphatic heterocycles. The number of sulfonamides is 1. The van der Waals surface area contributed by atoms with Gasteiger partial charge in [-0.1, -0.05) is 35.4 Å². The average Bonchev–Trinajstić information content (AvgIpc) is 2.87. The number of fused-ring (bicyclic) bond motifs is 1. The molecule has 0 fully saturated rings. The predicted octanol–water partition coefficient (Wildman–Crippen LogP) is 4.16. The van der Waals surface area contributed by atoms with Gasteiger partial charge in [-0.2, -0.15) is 13.2 Å². The van der Waals surface area contributed by atoms with Gasteiger partial charge in [0, 0.05) is 0 Å². The Morgan fingerprint density at radius 2 is 1.58 bits per heavy atom. The SMILES string of the molecule is Cc1ccc(S(=O)(=O)N2CC(C(F)(F)F)c3cc(C)ccc32)cc1. The van der Waals surface area contributed by atoms with E-state index in [-0.39, 0.29) is 16.1 Å². The Morgan fingerprint density at radius 3 is 2.17 bits per heavy atom. The molecule has 1 atom stereocenters. The number of hydrogen-bond acceptors (Lipinski definition) is 2. The number of halogens is 3. The second kappa shape index (κ2) is 5.51. The van der Waals surface area contributed by atoms with Gasteiger partial charge in [-0.15, -0.1) is 0 Å². The minimum absolute atomic E-state index is 0.0116. The number of hydrogen-bond donors (Lipinski definition) is 0. The maximum absolute atomic E-state index is 13.4. The van der Waals surface area contributed by atoms with Crippen LogP contribution in [0.5, 0.6) is 0 Å². The molecule has 7 heteroatoms. The minimum atomic E-state index is -4.50. The summed E-state index contributed by atoms with van der Waals surface area (Å²) >= 11 is 0. The van der Waals surface area contributed by atoms with Gasteiger partial charge in [-0.3, -0.25) is 4.31 Å². The first kappa shape index (κ1) is 16.8. The molecular weight excluding hydrogens is 339 g/mol. The largest absolute Gasteiger partial charge is 0.397 e. The number of rotatable bonds is 2. The Kier molecular flexibility index (Phi) is 3.86. The molecule has 0 N–H and O–H groups in total. The standard InChI is InChI=1S/C17H16F3NO2S/c1-11-3-6-13(7-4-11)24(22,23)21-10-15(17(18,19)20)14-9-12(2)5-8-16(14)21/h3-9,15H,10H2,1-2H3. The lowest BCUT2D eigenvalue weighted by molar-refractivity contribution is -0.146. The second-order valence-corrected chi connectivity index (χ2v) is 7.87. The zero-order valence-electron chi connectivity index (χ0n) is 13.1. The first-order valence-corrected chi connectivity index (χ1v) is 8.81. The molecule has 2 aromatic carbocycles. The molecular formula is C17H16F3NO2S. The van der Waals surface area contributed by atoms with E-state index < -0.39 is 28.7 Å². The second-order valence-electron chi connectivity index (χ2n) is 6.01. The van der Waals surface area contributed by atoms with Crippen molar-refractivity contribution in [1.82, 2.24) is 0 Å². The maximum Gasteiger partial charge on any atom is 0.397 e. The third kappa shape index (κ3) is 2.77. The molecule has 0 radical (unpaired) electrons. The summed E-state index contributed by atoms with van der Waals surface area (Å²) in [5.74, 6) is -1.81. The number of nitrogens with zero attached hydrogens (tertiary/aromatic N) is 1. The highest BCUT2D eigenvalue weighted by molar-refractivity contribution is 7.92. The predicted molar refractivity (Wildman–Crippen MR) is 85.7 cm³/mol. The summed E-state index contributed by atoms with van der Waals surface area (Å²) in [5.41, 5.74) is 1.65. The smallest absolute Gasteiger partial charge is 0.265 e. The van der Waals surface area contributed by atoms with E-state index in [0.29, 0.717) is 5.56 Å². The van der Waals surface area contributed by atoms with Crippen LogP contribution in [-0.4, -0.2) is 21.1 Å². The van der Waals surface area contributed by atoms with Crippen molar-refractivity contribution in [3.63, 3.8) is 0 Å². The van der Waals surface area contributed by atoms with Gasteiger partial charge in [0.2, 0.25) is 0 Å². The van der Waals surface area contributed by atoms with Gasteiger partial charge >= 0.3 is 6.18 Å². The van der Waals surface area contributed by atoms with Gasteiger partial charge in [-0.25, -0.2) is 8.42 Å². The summed E-state index contributed by atoms with van der Waals surface area (Å²) in [7, 11) is -4.04. The summed E-state index contributed by atoms with van der Waals surface area (Å²) in [6.07, 6.45) is -4.50. The molecule has 1 aliphatic rings. The Bertz CT molecular complexity index is 874. The molecule has 0 spiro atoms. The Hall–Kier alpha value is -2.02. The van der Waals surface area contributed by atoms with Crippen molar-refractivity contribution in [3.8, 4) is 0 Å². The summed E-state index contributed by atoms with van der Waals surface area (Å²) in [6, 6.07) is 10.6. The Morgan fingerprint density at radius 1 is 1.00 bits per heavy atom. The van der Waals surface area contributed by atoms with Crippen molar-refractivity contribution in [3.05, 3.63) is 59.2 Å². The zero-order chi connectivity index (χ0) is 17.7. The van der Waals surface area contributed by atoms with Crippen LogP contribution in [0, 0.1) is 13.8 Å². The fourth-order valence-electron chi connectivity index (χ4n) is 2.89. The molecule has 0 bridgehead atoms. The molecule has 3 rings (SSSR count). The van der Waals surface area contributed by atoms with Crippen LogP contribution in [0.1, 0.15) is 22.6 Å². The minimum Gasteiger partial charge on any atom is -0.265 e. The lowest BCUT2D eigenvalue weighted by atomic mass is 9.99. The zero-order valence-corrected chi connectivity index (χ0v) is 13.9. The van der Waals surface area contributed by atoms with Crippen LogP contribution in [0.15, 0.2) is 47.4 Å². The molecule has 1 heterocycles. The fourth-order valence-corrected chi connectivity index (χ4v) is 4.39. The molecule has 0 aliphatic carbocycles. The first-order chi connectivity index (χ1) is 11.1. The van der Waals surface area contributed by atoms with E-state index in [1.807, 2.05) is 6.92 Å². The van der Waals surface area contributed by atoms with Gasteiger partial charge in [0.15, 0.2) is 0 Å². The third-order valence-corrected chi connectivity index (χ3v) is 5.97. The van der Waals surface area contributed by atoms with Crippen molar-refractivity contribution in [1.29, 1.82) is 0 Å². The van der Waals surface area contributed by atoms with Gasteiger partial charge in [-0.05, 0) is 37.6 Å². The van der Waals surface area contributed by atoms with Gasteiger partial charge in [0.05, 0.1) is 17.1 Å². The molecule has 0 saturated heterocycles. The molecule has 0 amide bonds. The lowest BCUT2D eigenvalue weighted by Crippen LogP contribution is -2.33. The van der Waals surface area contributed by atoms with Gasteiger partial charge in [0.1, 0.15) is 5.92 Å². The molecule has 2 aromatic rings. The molecule has 0 aromatic heterocycles. The summed E-state index contributed by atoms with van der Waals surface area (Å²) in [4.78, 5) is -0.0116. The van der Waals surface area contributed by atoms with E-state index in [9.17, 15) is 21.6 Å². The first-order valence-electron chi connectivity index (χ1n) is 7.37. The highest BCUT2D eigenvalue weighted by atomic mass is 32.2. The Labute approximate surface area is 138 Å². The molecule has 1 unspecified atom stereocenters. The van der Waals surface area contributed by atoms with Crippen LogP contribution in [0.25, 0.3) is 0 Å². The van der Waals surface area contributed by atoms with Gasteiger partial charge in [0.25, 0.3) is 10.0 Å². The van der Waals surface area contributed by atoms with Crippen molar-refractivity contribution in [2.75, 3.05) is 10.8 Å². The fraction of sp³-hybridized carbons (Fsp3) is 0.294. The van der Waals surface area contributed by atoms with Crippen LogP contribution < -0.4 is 4.31 Å². The lowest BCUT2D eigenvalue weighted by Gasteiger charge is -2.20. The topological polar surface area (TPSA) is 37.4 Å². The summed E-state index contributed by atoms with van der Waals surface area (Å²) < 4.78 is 66.6. The monoisotopic (exact) mass is 355 g/mol. The van der Waals surface area contributed by atoms with Gasteiger partial charge < -0.3 is 0 Å². The van der Waals surface area contributed by atoms with Crippen LogP contribution in [0.2, 0.25) is 0 Å². The van der Waals surface area contributed by atoms with E-state index in [0.717, 1.165) is 9.87 Å². The Balaban J connectivity index is 2.12. The van der Waals surface area contributed by atoms with E-state index in [4.69, 9.17) is 0 Å². The van der Waals surface area contributed by atoms with E-state index >= 15 is 0 Å². The maximum atomic E-state index is 13.4.